The van der Waals surface area contributed by atoms with Crippen molar-refractivity contribution in [1.29, 1.82) is 0 Å². The van der Waals surface area contributed by atoms with Crippen molar-refractivity contribution in [3.8, 4) is 0 Å². The highest BCUT2D eigenvalue weighted by Crippen LogP contribution is 2.67. The molecule has 0 amide bonds. The Kier molecular flexibility index (Phi) is 1.52. The topological polar surface area (TPSA) is 0 Å². The molecule has 0 N–H and O–H groups in total. The van der Waals surface area contributed by atoms with Crippen LogP contribution in [-0.2, 0) is 0 Å². The van der Waals surface area contributed by atoms with Crippen LogP contribution in [-0.4, -0.2) is 3.23 Å². The normalized spacial score (nSPS) is 42.0. The molecule has 0 aromatic carbocycles. The van der Waals surface area contributed by atoms with Crippen molar-refractivity contribution in [2.75, 3.05) is 0 Å². The van der Waals surface area contributed by atoms with Gasteiger partial charge in [0.15, 0.2) is 0 Å². The minimum absolute atomic E-state index is 0.280. The van der Waals surface area contributed by atoms with Crippen LogP contribution in [0.4, 0.5) is 0 Å². The fourth-order valence-electron chi connectivity index (χ4n) is 0.829. The molecule has 2 heteroatoms. The molecule has 1 aliphatic carbocycles. The van der Waals surface area contributed by atoms with Gasteiger partial charge in [0.25, 0.3) is 0 Å². The lowest BCUT2D eigenvalue weighted by Crippen LogP contribution is -1.99. The highest BCUT2D eigenvalue weighted by Gasteiger charge is 2.59. The molecule has 1 fully saturated rings. The number of alkyl halides is 2. The maximum absolute atomic E-state index is 3.59. The van der Waals surface area contributed by atoms with Crippen molar-refractivity contribution in [3.05, 3.63) is 0 Å². The van der Waals surface area contributed by atoms with Crippen molar-refractivity contribution in [3.63, 3.8) is 0 Å². The largest absolute Gasteiger partial charge is 0.0865 e. The Morgan fingerprint density at radius 2 is 1.88 bits per heavy atom. The Balaban J connectivity index is 2.55. The Hall–Kier alpha value is 0.960. The lowest BCUT2D eigenvalue weighted by Gasteiger charge is -2.06. The molecule has 0 aromatic heterocycles. The van der Waals surface area contributed by atoms with Gasteiger partial charge < -0.3 is 0 Å². The average molecular weight is 242 g/mol. The summed E-state index contributed by atoms with van der Waals surface area (Å²) in [5, 5.41) is 0. The third-order valence-corrected chi connectivity index (χ3v) is 4.63. The van der Waals surface area contributed by atoms with E-state index in [0.717, 1.165) is 0 Å². The quantitative estimate of drug-likeness (QED) is 0.619. The summed E-state index contributed by atoms with van der Waals surface area (Å²) in [5.74, 6) is 0. The molecule has 0 spiro atoms. The first-order valence-electron chi connectivity index (χ1n) is 2.90. The first-order valence-corrected chi connectivity index (χ1v) is 4.48. The van der Waals surface area contributed by atoms with Gasteiger partial charge in [-0.15, -0.1) is 0 Å². The number of halogens is 2. The van der Waals surface area contributed by atoms with Gasteiger partial charge in [0.05, 0.1) is 3.23 Å². The molecule has 0 heterocycles. The molecule has 0 radical (unpaired) electrons. The van der Waals surface area contributed by atoms with Crippen LogP contribution in [0.2, 0.25) is 0 Å². The van der Waals surface area contributed by atoms with Crippen LogP contribution in [0.3, 0.4) is 0 Å². The van der Waals surface area contributed by atoms with Gasteiger partial charge >= 0.3 is 0 Å². The Morgan fingerprint density at radius 3 is 1.88 bits per heavy atom. The molecule has 1 saturated carbocycles. The highest BCUT2D eigenvalue weighted by molar-refractivity contribution is 9.25. The third-order valence-electron chi connectivity index (χ3n) is 2.15. The fraction of sp³-hybridized carbons (Fsp3) is 1.00. The molecule has 0 saturated heterocycles. The van der Waals surface area contributed by atoms with E-state index in [4.69, 9.17) is 0 Å². The van der Waals surface area contributed by atoms with E-state index in [2.05, 4.69) is 45.7 Å². The monoisotopic (exact) mass is 240 g/mol. The summed E-state index contributed by atoms with van der Waals surface area (Å²) in [4.78, 5) is 0. The molecule has 0 bridgehead atoms. The molecule has 0 nitrogen and oxygen atoms in total. The first-order chi connectivity index (χ1) is 3.52. The van der Waals surface area contributed by atoms with Crippen molar-refractivity contribution in [2.24, 2.45) is 5.41 Å². The van der Waals surface area contributed by atoms with E-state index in [1.54, 1.807) is 0 Å². The second-order valence-corrected chi connectivity index (χ2v) is 6.57. The maximum atomic E-state index is 3.59. The van der Waals surface area contributed by atoms with Crippen LogP contribution in [0.1, 0.15) is 26.7 Å². The van der Waals surface area contributed by atoms with Gasteiger partial charge in [0.1, 0.15) is 0 Å². The van der Waals surface area contributed by atoms with Gasteiger partial charge in [-0.05, 0) is 18.3 Å². The van der Waals surface area contributed by atoms with E-state index in [1.165, 1.54) is 12.8 Å². The van der Waals surface area contributed by atoms with Crippen LogP contribution < -0.4 is 0 Å². The summed E-state index contributed by atoms with van der Waals surface area (Å²) in [5.41, 5.74) is 0.521. The molecule has 1 unspecified atom stereocenters. The van der Waals surface area contributed by atoms with Crippen LogP contribution in [0.5, 0.6) is 0 Å². The Labute approximate surface area is 67.3 Å². The van der Waals surface area contributed by atoms with E-state index >= 15 is 0 Å². The van der Waals surface area contributed by atoms with Crippen molar-refractivity contribution < 1.29 is 0 Å². The van der Waals surface area contributed by atoms with Crippen molar-refractivity contribution in [2.45, 2.75) is 29.9 Å². The van der Waals surface area contributed by atoms with Gasteiger partial charge in [-0.1, -0.05) is 45.7 Å². The van der Waals surface area contributed by atoms with Crippen molar-refractivity contribution >= 4 is 31.9 Å². The van der Waals surface area contributed by atoms with Crippen LogP contribution in [0.25, 0.3) is 0 Å². The van der Waals surface area contributed by atoms with Crippen LogP contribution >= 0.6 is 31.9 Å². The lowest BCUT2D eigenvalue weighted by molar-refractivity contribution is 0.550. The lowest BCUT2D eigenvalue weighted by atomic mass is 10.1. The third kappa shape index (κ3) is 0.860. The zero-order valence-corrected chi connectivity index (χ0v) is 8.34. The maximum Gasteiger partial charge on any atom is 0.0865 e. The van der Waals surface area contributed by atoms with Gasteiger partial charge in [-0.25, -0.2) is 0 Å². The summed E-state index contributed by atoms with van der Waals surface area (Å²) >= 11 is 7.17. The molecular formula is C6H10Br2. The summed E-state index contributed by atoms with van der Waals surface area (Å²) in [6.07, 6.45) is 2.51. The SMILES string of the molecule is CCC1(C)CC1(Br)Br. The number of hydrogen-bond acceptors (Lipinski definition) is 0. The minimum Gasteiger partial charge on any atom is -0.0721 e. The predicted molar refractivity (Wildman–Crippen MR) is 43.6 cm³/mol. The smallest absolute Gasteiger partial charge is 0.0721 e. The molecule has 0 aliphatic heterocycles. The molecule has 1 atom stereocenters. The van der Waals surface area contributed by atoms with Gasteiger partial charge in [-0.2, -0.15) is 0 Å². The Morgan fingerprint density at radius 1 is 1.50 bits per heavy atom. The number of hydrogen-bond donors (Lipinski definition) is 0. The van der Waals surface area contributed by atoms with Gasteiger partial charge in [0, 0.05) is 0 Å². The zero-order valence-electron chi connectivity index (χ0n) is 5.17. The van der Waals surface area contributed by atoms with Crippen LogP contribution in [0.15, 0.2) is 0 Å². The summed E-state index contributed by atoms with van der Waals surface area (Å²) < 4.78 is 0.280. The fourth-order valence-corrected chi connectivity index (χ4v) is 2.63. The van der Waals surface area contributed by atoms with Crippen molar-refractivity contribution in [1.82, 2.24) is 0 Å². The molecule has 8 heavy (non-hydrogen) atoms. The summed E-state index contributed by atoms with van der Waals surface area (Å²) in [6, 6.07) is 0. The standard InChI is InChI=1S/C6H10Br2/c1-3-5(2)4-6(5,7)8/h3-4H2,1-2H3. The second-order valence-electron chi connectivity index (χ2n) is 2.80. The summed E-state index contributed by atoms with van der Waals surface area (Å²) in [6.45, 7) is 4.51. The van der Waals surface area contributed by atoms with E-state index < -0.39 is 0 Å². The first kappa shape index (κ1) is 7.07. The zero-order chi connectivity index (χ0) is 6.41. The summed E-state index contributed by atoms with van der Waals surface area (Å²) in [7, 11) is 0. The average Bonchev–Trinajstić information content (AvgIpc) is 2.10. The molecular weight excluding hydrogens is 232 g/mol. The molecule has 1 aliphatic rings. The molecule has 1 rings (SSSR count). The highest BCUT2D eigenvalue weighted by atomic mass is 79.9. The van der Waals surface area contributed by atoms with Gasteiger partial charge in [0.2, 0.25) is 0 Å². The molecule has 0 aromatic rings. The van der Waals surface area contributed by atoms with E-state index in [0.29, 0.717) is 5.41 Å². The minimum atomic E-state index is 0.280. The number of rotatable bonds is 1. The van der Waals surface area contributed by atoms with E-state index in [1.807, 2.05) is 0 Å². The predicted octanol–water partition coefficient (Wildman–Crippen LogP) is 3.29. The van der Waals surface area contributed by atoms with Gasteiger partial charge in [-0.3, -0.25) is 0 Å². The Bertz CT molecular complexity index is 109. The van der Waals surface area contributed by atoms with E-state index in [-0.39, 0.29) is 3.23 Å². The van der Waals surface area contributed by atoms with Crippen LogP contribution in [0, 0.1) is 5.41 Å². The second kappa shape index (κ2) is 1.72. The molecule has 48 valence electrons. The van der Waals surface area contributed by atoms with E-state index in [9.17, 15) is 0 Å².